The third-order valence-corrected chi connectivity index (χ3v) is 9.77. The average Bonchev–Trinajstić information content (AvgIpc) is 3.36. The molecule has 2 aromatic heterocycles. The van der Waals surface area contributed by atoms with Gasteiger partial charge in [0.1, 0.15) is 0 Å². The smallest absolute Gasteiger partial charge is 0.161 e. The molecule has 47 heavy (non-hydrogen) atoms. The zero-order valence-corrected chi connectivity index (χ0v) is 26.3. The van der Waals surface area contributed by atoms with E-state index in [1.54, 1.807) is 6.20 Å². The van der Waals surface area contributed by atoms with E-state index in [0.29, 0.717) is 5.82 Å². The number of benzene rings is 6. The van der Waals surface area contributed by atoms with Gasteiger partial charge in [0.15, 0.2) is 5.82 Å². The van der Waals surface area contributed by atoms with Crippen LogP contribution in [0, 0.1) is 0 Å². The average molecular weight is 602 g/mol. The van der Waals surface area contributed by atoms with Crippen molar-refractivity contribution in [2.45, 2.75) is 19.3 Å². The van der Waals surface area contributed by atoms with Gasteiger partial charge in [0, 0.05) is 40.1 Å². The zero-order chi connectivity index (χ0) is 31.5. The Morgan fingerprint density at radius 1 is 0.447 bits per heavy atom. The van der Waals surface area contributed by atoms with Gasteiger partial charge in [0.05, 0.1) is 11.4 Å². The van der Waals surface area contributed by atoms with Gasteiger partial charge >= 0.3 is 0 Å². The first kappa shape index (κ1) is 27.4. The molecular formula is C44H31N3. The molecule has 0 bridgehead atoms. The zero-order valence-electron chi connectivity index (χ0n) is 26.3. The van der Waals surface area contributed by atoms with E-state index < -0.39 is 0 Å². The molecule has 3 nitrogen and oxygen atoms in total. The maximum atomic E-state index is 5.25. The summed E-state index contributed by atoms with van der Waals surface area (Å²) in [5.74, 6) is 0.691. The van der Waals surface area contributed by atoms with Crippen LogP contribution in [-0.2, 0) is 5.41 Å². The summed E-state index contributed by atoms with van der Waals surface area (Å²) < 4.78 is 0. The lowest BCUT2D eigenvalue weighted by Crippen LogP contribution is -2.14. The van der Waals surface area contributed by atoms with Gasteiger partial charge in [0.2, 0.25) is 0 Å². The molecule has 3 heteroatoms. The van der Waals surface area contributed by atoms with Crippen LogP contribution in [0.15, 0.2) is 152 Å². The molecule has 6 aromatic carbocycles. The standard InChI is InChI=1S/C44H31N3/c1-44(2)39-17-9-8-15-34(39)38-23-30-20-18-28-19-21-31(24-36(28)37(30)25-40(38)44)42-26-41(29-11-4-3-5-12-29)46-43(47-42)35-16-7-6-14-33(35)32-13-10-22-45-27-32/h3-27H,1-2H3. The lowest BCUT2D eigenvalue weighted by molar-refractivity contribution is 0.661. The van der Waals surface area contributed by atoms with Crippen molar-refractivity contribution in [3.8, 4) is 56.2 Å². The van der Waals surface area contributed by atoms with Crippen LogP contribution in [0.1, 0.15) is 25.0 Å². The monoisotopic (exact) mass is 601 g/mol. The number of rotatable bonds is 4. The van der Waals surface area contributed by atoms with Gasteiger partial charge in [-0.1, -0.05) is 123 Å². The van der Waals surface area contributed by atoms with Crippen molar-refractivity contribution < 1.29 is 0 Å². The topological polar surface area (TPSA) is 38.7 Å². The third kappa shape index (κ3) is 4.46. The molecule has 0 saturated heterocycles. The first-order valence-corrected chi connectivity index (χ1v) is 16.1. The van der Waals surface area contributed by atoms with E-state index in [-0.39, 0.29) is 5.41 Å². The van der Waals surface area contributed by atoms with Gasteiger partial charge in [-0.15, -0.1) is 0 Å². The van der Waals surface area contributed by atoms with Gasteiger partial charge in [-0.05, 0) is 79.7 Å². The van der Waals surface area contributed by atoms with Gasteiger partial charge in [-0.25, -0.2) is 9.97 Å². The summed E-state index contributed by atoms with van der Waals surface area (Å²) in [4.78, 5) is 14.8. The minimum Gasteiger partial charge on any atom is -0.264 e. The molecule has 8 aromatic rings. The van der Waals surface area contributed by atoms with Crippen LogP contribution >= 0.6 is 0 Å². The van der Waals surface area contributed by atoms with Crippen LogP contribution < -0.4 is 0 Å². The van der Waals surface area contributed by atoms with E-state index in [9.17, 15) is 0 Å². The summed E-state index contributed by atoms with van der Waals surface area (Å²) in [6, 6.07) is 49.7. The molecule has 0 amide bonds. The van der Waals surface area contributed by atoms with E-state index in [1.807, 2.05) is 24.4 Å². The van der Waals surface area contributed by atoms with E-state index >= 15 is 0 Å². The number of hydrogen-bond acceptors (Lipinski definition) is 3. The summed E-state index contributed by atoms with van der Waals surface area (Å²) in [6.07, 6.45) is 3.69. The van der Waals surface area contributed by atoms with Gasteiger partial charge in [-0.3, -0.25) is 4.98 Å². The Balaban J connectivity index is 1.26. The predicted octanol–water partition coefficient (Wildman–Crippen LogP) is 11.2. The van der Waals surface area contributed by atoms with Crippen LogP contribution in [-0.4, -0.2) is 15.0 Å². The third-order valence-electron chi connectivity index (χ3n) is 9.77. The Morgan fingerprint density at radius 2 is 1.11 bits per heavy atom. The van der Waals surface area contributed by atoms with Crippen molar-refractivity contribution in [3.05, 3.63) is 163 Å². The van der Waals surface area contributed by atoms with Crippen molar-refractivity contribution in [2.24, 2.45) is 0 Å². The highest BCUT2D eigenvalue weighted by molar-refractivity contribution is 6.11. The normalized spacial score (nSPS) is 13.1. The Bertz CT molecular complexity index is 2480. The van der Waals surface area contributed by atoms with Crippen LogP contribution in [0.5, 0.6) is 0 Å². The van der Waals surface area contributed by atoms with E-state index in [1.165, 1.54) is 43.8 Å². The number of fused-ring (bicyclic) bond motifs is 6. The van der Waals surface area contributed by atoms with E-state index in [2.05, 4.69) is 140 Å². The van der Waals surface area contributed by atoms with Crippen LogP contribution in [0.2, 0.25) is 0 Å². The van der Waals surface area contributed by atoms with Gasteiger partial charge in [-0.2, -0.15) is 0 Å². The quantitative estimate of drug-likeness (QED) is 0.188. The van der Waals surface area contributed by atoms with Crippen molar-refractivity contribution >= 4 is 21.5 Å². The van der Waals surface area contributed by atoms with Gasteiger partial charge in [0.25, 0.3) is 0 Å². The summed E-state index contributed by atoms with van der Waals surface area (Å²) in [5, 5.41) is 4.96. The second-order valence-electron chi connectivity index (χ2n) is 12.9. The van der Waals surface area contributed by atoms with Crippen molar-refractivity contribution in [1.29, 1.82) is 0 Å². The second-order valence-corrected chi connectivity index (χ2v) is 12.9. The molecular weight excluding hydrogens is 571 g/mol. The molecule has 0 N–H and O–H groups in total. The molecule has 0 radical (unpaired) electrons. The minimum atomic E-state index is -0.0618. The molecule has 0 spiro atoms. The summed E-state index contributed by atoms with van der Waals surface area (Å²) in [5.41, 5.74) is 12.4. The van der Waals surface area contributed by atoms with Crippen molar-refractivity contribution in [3.63, 3.8) is 0 Å². The summed E-state index contributed by atoms with van der Waals surface area (Å²) in [7, 11) is 0. The highest BCUT2D eigenvalue weighted by Gasteiger charge is 2.35. The number of pyridine rings is 1. The summed E-state index contributed by atoms with van der Waals surface area (Å²) in [6.45, 7) is 4.69. The summed E-state index contributed by atoms with van der Waals surface area (Å²) >= 11 is 0. The van der Waals surface area contributed by atoms with Crippen molar-refractivity contribution in [2.75, 3.05) is 0 Å². The Morgan fingerprint density at radius 3 is 1.91 bits per heavy atom. The van der Waals surface area contributed by atoms with Crippen LogP contribution in [0.3, 0.4) is 0 Å². The molecule has 2 heterocycles. The number of hydrogen-bond donors (Lipinski definition) is 0. The highest BCUT2D eigenvalue weighted by atomic mass is 14.9. The fourth-order valence-electron chi connectivity index (χ4n) is 7.33. The van der Waals surface area contributed by atoms with Gasteiger partial charge < -0.3 is 0 Å². The lowest BCUT2D eigenvalue weighted by Gasteiger charge is -2.22. The lowest BCUT2D eigenvalue weighted by atomic mass is 9.81. The largest absolute Gasteiger partial charge is 0.264 e. The maximum Gasteiger partial charge on any atom is 0.161 e. The molecule has 0 aliphatic heterocycles. The highest BCUT2D eigenvalue weighted by Crippen LogP contribution is 2.50. The Kier molecular flexibility index (Phi) is 6.16. The fraction of sp³-hybridized carbons (Fsp3) is 0.0682. The predicted molar refractivity (Wildman–Crippen MR) is 194 cm³/mol. The molecule has 0 atom stereocenters. The maximum absolute atomic E-state index is 5.25. The first-order valence-electron chi connectivity index (χ1n) is 16.1. The molecule has 0 saturated carbocycles. The number of aromatic nitrogens is 3. The molecule has 0 unspecified atom stereocenters. The Hall–Kier alpha value is -5.93. The molecule has 1 aliphatic carbocycles. The SMILES string of the molecule is CC1(C)c2ccccc2-c2cc3ccc4ccc(-c5cc(-c6ccccc6)nc(-c6ccccc6-c6cccnc6)n5)cc4c3cc21. The molecule has 1 aliphatic rings. The first-order chi connectivity index (χ1) is 23.0. The minimum absolute atomic E-state index is 0.0618. The fourth-order valence-corrected chi connectivity index (χ4v) is 7.33. The number of nitrogens with zero attached hydrogens (tertiary/aromatic N) is 3. The van der Waals surface area contributed by atoms with Crippen molar-refractivity contribution in [1.82, 2.24) is 15.0 Å². The van der Waals surface area contributed by atoms with Crippen LogP contribution in [0.4, 0.5) is 0 Å². The molecule has 9 rings (SSSR count). The van der Waals surface area contributed by atoms with E-state index in [0.717, 1.165) is 39.2 Å². The van der Waals surface area contributed by atoms with E-state index in [4.69, 9.17) is 9.97 Å². The van der Waals surface area contributed by atoms with Crippen LogP contribution in [0.25, 0.3) is 77.7 Å². The second kappa shape index (κ2) is 10.6. The Labute approximate surface area is 274 Å². The molecule has 222 valence electrons. The molecule has 0 fully saturated rings.